The third-order valence-corrected chi connectivity index (χ3v) is 7.01. The summed E-state index contributed by atoms with van der Waals surface area (Å²) >= 11 is 0. The second-order valence-electron chi connectivity index (χ2n) is 9.60. The van der Waals surface area contributed by atoms with E-state index >= 15 is 0 Å². The number of aliphatic hydroxyl groups is 1. The Kier molecular flexibility index (Phi) is 5.41. The molecular weight excluding hydrogens is 456 g/mol. The Morgan fingerprint density at radius 2 is 2.11 bits per heavy atom. The Hall–Kier alpha value is -4.24. The molecule has 1 aliphatic carbocycles. The van der Waals surface area contributed by atoms with E-state index < -0.39 is 5.60 Å². The van der Waals surface area contributed by atoms with Crippen LogP contribution in [0.15, 0.2) is 78.1 Å². The number of aromatic nitrogens is 5. The van der Waals surface area contributed by atoms with E-state index in [4.69, 9.17) is 0 Å². The van der Waals surface area contributed by atoms with Crippen LogP contribution in [0, 0.1) is 0 Å². The van der Waals surface area contributed by atoms with Gasteiger partial charge in [0, 0.05) is 53.4 Å². The summed E-state index contributed by atoms with van der Waals surface area (Å²) in [5.41, 5.74) is 2.70. The number of benzene rings is 1. The molecule has 1 aromatic carbocycles. The van der Waals surface area contributed by atoms with E-state index in [0.717, 1.165) is 40.6 Å². The van der Waals surface area contributed by atoms with E-state index in [0.29, 0.717) is 18.4 Å². The van der Waals surface area contributed by atoms with E-state index in [9.17, 15) is 14.7 Å². The zero-order chi connectivity index (χ0) is 24.7. The summed E-state index contributed by atoms with van der Waals surface area (Å²) in [5.74, 6) is -0.194. The highest BCUT2D eigenvalue weighted by Crippen LogP contribution is 2.31. The first-order valence-electron chi connectivity index (χ1n) is 12.1. The number of hydrogen-bond acceptors (Lipinski definition) is 5. The summed E-state index contributed by atoms with van der Waals surface area (Å²) in [7, 11) is 0. The summed E-state index contributed by atoms with van der Waals surface area (Å²) < 4.78 is 3.46. The highest BCUT2D eigenvalue weighted by Gasteiger charge is 2.35. The summed E-state index contributed by atoms with van der Waals surface area (Å²) in [6.45, 7) is 0.213. The maximum atomic E-state index is 13.2. The fourth-order valence-electron chi connectivity index (χ4n) is 5.22. The lowest BCUT2D eigenvalue weighted by Gasteiger charge is -2.37. The molecule has 9 heteroatoms. The van der Waals surface area contributed by atoms with Gasteiger partial charge in [0.15, 0.2) is 0 Å². The van der Waals surface area contributed by atoms with Crippen molar-refractivity contribution in [3.05, 3.63) is 89.2 Å². The zero-order valence-electron chi connectivity index (χ0n) is 19.6. The lowest BCUT2D eigenvalue weighted by molar-refractivity contribution is -0.0218. The van der Waals surface area contributed by atoms with E-state index in [1.54, 1.807) is 30.6 Å². The maximum Gasteiger partial charge on any atom is 0.251 e. The van der Waals surface area contributed by atoms with Crippen molar-refractivity contribution in [3.63, 3.8) is 0 Å². The number of rotatable bonds is 5. The number of nitrogens with one attached hydrogen (secondary N) is 2. The van der Waals surface area contributed by atoms with Gasteiger partial charge in [-0.05, 0) is 62.1 Å². The largest absolute Gasteiger partial charge is 0.388 e. The predicted molar refractivity (Wildman–Crippen MR) is 136 cm³/mol. The average molecular weight is 483 g/mol. The highest BCUT2D eigenvalue weighted by atomic mass is 16.3. The van der Waals surface area contributed by atoms with Crippen molar-refractivity contribution >= 4 is 22.5 Å². The minimum Gasteiger partial charge on any atom is -0.388 e. The molecule has 36 heavy (non-hydrogen) atoms. The number of imidazole rings is 1. The molecule has 9 nitrogen and oxygen atoms in total. The number of fused-ring (bicyclic) bond motifs is 2. The molecule has 182 valence electrons. The van der Waals surface area contributed by atoms with Crippen LogP contribution in [0.4, 0.5) is 0 Å². The standard InChI is InChI=1S/C27H26N6O3/c34-24-5-1-2-12-33(24)17-27(36)10-3-4-20(15-27)29-26(35)18-6-8-22-21(14-18)25(31-30-22)19-7-9-23-28-11-13-32(23)16-19/h1-2,5-9,11-14,16,20,36H,3-4,10,15,17H2,(H,29,35)(H,30,31). The van der Waals surface area contributed by atoms with Crippen LogP contribution in [-0.4, -0.2) is 46.8 Å². The van der Waals surface area contributed by atoms with Crippen molar-refractivity contribution in [2.24, 2.45) is 0 Å². The first-order chi connectivity index (χ1) is 17.5. The van der Waals surface area contributed by atoms with Gasteiger partial charge in [-0.3, -0.25) is 14.7 Å². The number of hydrogen-bond donors (Lipinski definition) is 3. The summed E-state index contributed by atoms with van der Waals surface area (Å²) in [6, 6.07) is 14.1. The van der Waals surface area contributed by atoms with Crippen LogP contribution in [0.1, 0.15) is 36.0 Å². The zero-order valence-corrected chi connectivity index (χ0v) is 19.6. The molecule has 0 bridgehead atoms. The van der Waals surface area contributed by atoms with Gasteiger partial charge in [0.25, 0.3) is 11.5 Å². The fraction of sp³-hybridized carbons (Fsp3) is 0.259. The SMILES string of the molecule is O=C(NC1CCCC(O)(Cn2ccccc2=O)C1)c1ccc2[nH]nc(-c3ccc4nccn4c3)c2c1. The third-order valence-electron chi connectivity index (χ3n) is 7.01. The number of carbonyl (C=O) groups excluding carboxylic acids is 1. The van der Waals surface area contributed by atoms with Gasteiger partial charge >= 0.3 is 0 Å². The molecule has 4 heterocycles. The maximum absolute atomic E-state index is 13.2. The summed E-state index contributed by atoms with van der Waals surface area (Å²) in [6.07, 6.45) is 9.81. The topological polar surface area (TPSA) is 117 Å². The molecule has 2 unspecified atom stereocenters. The Morgan fingerprint density at radius 1 is 1.19 bits per heavy atom. The number of aromatic amines is 1. The molecule has 1 amide bonds. The molecule has 0 spiro atoms. The lowest BCUT2D eigenvalue weighted by Crippen LogP contribution is -2.48. The third kappa shape index (κ3) is 4.18. The molecule has 4 aromatic heterocycles. The van der Waals surface area contributed by atoms with Gasteiger partial charge in [-0.2, -0.15) is 5.10 Å². The van der Waals surface area contributed by atoms with Gasteiger partial charge in [-0.1, -0.05) is 6.07 Å². The molecular formula is C27H26N6O3. The first-order valence-corrected chi connectivity index (χ1v) is 12.1. The molecule has 0 saturated heterocycles. The summed E-state index contributed by atoms with van der Waals surface area (Å²) in [5, 5.41) is 22.7. The van der Waals surface area contributed by atoms with Crippen molar-refractivity contribution in [1.82, 2.24) is 29.5 Å². The van der Waals surface area contributed by atoms with Crippen LogP contribution in [0.5, 0.6) is 0 Å². The second-order valence-corrected chi connectivity index (χ2v) is 9.60. The molecule has 1 fully saturated rings. The Balaban J connectivity index is 1.21. The fourth-order valence-corrected chi connectivity index (χ4v) is 5.22. The minimum atomic E-state index is -1.05. The number of H-pyrrole nitrogens is 1. The van der Waals surface area contributed by atoms with Crippen molar-refractivity contribution in [3.8, 4) is 11.3 Å². The quantitative estimate of drug-likeness (QED) is 0.356. The monoisotopic (exact) mass is 482 g/mol. The van der Waals surface area contributed by atoms with Crippen LogP contribution >= 0.6 is 0 Å². The van der Waals surface area contributed by atoms with E-state index in [1.165, 1.54) is 10.6 Å². The molecule has 3 N–H and O–H groups in total. The normalized spacial score (nSPS) is 20.1. The molecule has 0 radical (unpaired) electrons. The van der Waals surface area contributed by atoms with E-state index in [1.807, 2.05) is 41.1 Å². The van der Waals surface area contributed by atoms with Crippen LogP contribution < -0.4 is 10.9 Å². The smallest absolute Gasteiger partial charge is 0.251 e. The molecule has 0 aliphatic heterocycles. The Labute approximate surface area is 206 Å². The number of amides is 1. The number of pyridine rings is 2. The second kappa shape index (κ2) is 8.76. The average Bonchev–Trinajstić information content (AvgIpc) is 3.51. The van der Waals surface area contributed by atoms with Gasteiger partial charge in [-0.15, -0.1) is 0 Å². The Bertz CT molecular complexity index is 1630. The van der Waals surface area contributed by atoms with Gasteiger partial charge in [0.05, 0.1) is 17.7 Å². The van der Waals surface area contributed by atoms with E-state index in [2.05, 4.69) is 20.5 Å². The predicted octanol–water partition coefficient (Wildman–Crippen LogP) is 3.14. The number of carbonyl (C=O) groups is 1. The summed E-state index contributed by atoms with van der Waals surface area (Å²) in [4.78, 5) is 29.6. The van der Waals surface area contributed by atoms with Crippen LogP contribution in [0.25, 0.3) is 27.8 Å². The van der Waals surface area contributed by atoms with Gasteiger partial charge in [0.1, 0.15) is 11.3 Å². The van der Waals surface area contributed by atoms with Crippen molar-refractivity contribution in [2.75, 3.05) is 0 Å². The van der Waals surface area contributed by atoms with Gasteiger partial charge in [0.2, 0.25) is 0 Å². The molecule has 5 aromatic rings. The van der Waals surface area contributed by atoms with Gasteiger partial charge < -0.3 is 19.4 Å². The highest BCUT2D eigenvalue weighted by molar-refractivity contribution is 6.01. The van der Waals surface area contributed by atoms with Crippen molar-refractivity contribution < 1.29 is 9.90 Å². The first kappa shape index (κ1) is 22.2. The van der Waals surface area contributed by atoms with Crippen molar-refractivity contribution in [1.29, 1.82) is 0 Å². The number of nitrogens with zero attached hydrogens (tertiary/aromatic N) is 4. The minimum absolute atomic E-state index is 0.145. The molecule has 2 atom stereocenters. The van der Waals surface area contributed by atoms with Crippen LogP contribution in [-0.2, 0) is 6.54 Å². The molecule has 6 rings (SSSR count). The van der Waals surface area contributed by atoms with Crippen LogP contribution in [0.2, 0.25) is 0 Å². The Morgan fingerprint density at radius 3 is 3.00 bits per heavy atom. The van der Waals surface area contributed by atoms with Crippen molar-refractivity contribution in [2.45, 2.75) is 43.9 Å². The van der Waals surface area contributed by atoms with E-state index in [-0.39, 0.29) is 24.1 Å². The lowest BCUT2D eigenvalue weighted by atomic mass is 9.81. The van der Waals surface area contributed by atoms with Gasteiger partial charge in [-0.25, -0.2) is 4.98 Å². The van der Waals surface area contributed by atoms with Crippen LogP contribution in [0.3, 0.4) is 0 Å². The molecule has 1 saturated carbocycles. The molecule has 1 aliphatic rings.